The molecule has 0 aliphatic heterocycles. The van der Waals surface area contributed by atoms with Crippen molar-refractivity contribution < 1.29 is 8.78 Å². The lowest BCUT2D eigenvalue weighted by molar-refractivity contribution is -0.0664. The smallest absolute Gasteiger partial charge is 0.263 e. The van der Waals surface area contributed by atoms with E-state index in [4.69, 9.17) is 5.73 Å². The summed E-state index contributed by atoms with van der Waals surface area (Å²) in [7, 11) is 0. The molecule has 1 rings (SSSR count). The van der Waals surface area contributed by atoms with Crippen LogP contribution in [-0.4, -0.2) is 36.0 Å². The van der Waals surface area contributed by atoms with Gasteiger partial charge in [-0.05, 0) is 46.1 Å². The fourth-order valence-corrected chi connectivity index (χ4v) is 3.04. The van der Waals surface area contributed by atoms with Crippen LogP contribution in [0.25, 0.3) is 0 Å². The third kappa shape index (κ3) is 4.52. The zero-order chi connectivity index (χ0) is 15.3. The molecule has 4 heteroatoms. The first-order chi connectivity index (χ1) is 9.29. The first kappa shape index (κ1) is 17.6. The minimum absolute atomic E-state index is 0.0775. The maximum absolute atomic E-state index is 13.7. The number of rotatable bonds is 7. The second-order valence-electron chi connectivity index (χ2n) is 6.32. The van der Waals surface area contributed by atoms with E-state index in [2.05, 4.69) is 32.3 Å². The van der Waals surface area contributed by atoms with E-state index in [-0.39, 0.29) is 12.3 Å². The van der Waals surface area contributed by atoms with Gasteiger partial charge in [-0.3, -0.25) is 0 Å². The molecule has 0 bridgehead atoms. The van der Waals surface area contributed by atoms with Gasteiger partial charge in [0.25, 0.3) is 5.92 Å². The van der Waals surface area contributed by atoms with Crippen LogP contribution in [0.2, 0.25) is 0 Å². The maximum Gasteiger partial charge on any atom is 0.263 e. The summed E-state index contributed by atoms with van der Waals surface area (Å²) in [5.41, 5.74) is 6.66. The van der Waals surface area contributed by atoms with Crippen molar-refractivity contribution in [1.29, 1.82) is 0 Å². The molecule has 1 aliphatic rings. The summed E-state index contributed by atoms with van der Waals surface area (Å²) in [6.45, 7) is 12.5. The molecule has 0 aromatic carbocycles. The van der Waals surface area contributed by atoms with Crippen LogP contribution in [0.1, 0.15) is 52.9 Å². The quantitative estimate of drug-likeness (QED) is 0.722. The molecule has 1 fully saturated rings. The van der Waals surface area contributed by atoms with E-state index in [1.54, 1.807) is 0 Å². The molecule has 2 nitrogen and oxygen atoms in total. The minimum Gasteiger partial charge on any atom is -0.322 e. The molecule has 1 aliphatic carbocycles. The van der Waals surface area contributed by atoms with Gasteiger partial charge in [-0.2, -0.15) is 0 Å². The zero-order valence-corrected chi connectivity index (χ0v) is 13.2. The van der Waals surface area contributed by atoms with Crippen molar-refractivity contribution in [3.63, 3.8) is 0 Å². The van der Waals surface area contributed by atoms with Crippen molar-refractivity contribution in [1.82, 2.24) is 4.90 Å². The van der Waals surface area contributed by atoms with Crippen LogP contribution in [0.15, 0.2) is 12.2 Å². The van der Waals surface area contributed by atoms with E-state index >= 15 is 0 Å². The summed E-state index contributed by atoms with van der Waals surface area (Å²) in [4.78, 5) is 2.37. The Morgan fingerprint density at radius 3 is 2.60 bits per heavy atom. The Morgan fingerprint density at radius 2 is 2.05 bits per heavy atom. The molecule has 0 aromatic rings. The van der Waals surface area contributed by atoms with Crippen LogP contribution in [0.5, 0.6) is 0 Å². The van der Waals surface area contributed by atoms with Crippen LogP contribution < -0.4 is 5.73 Å². The van der Waals surface area contributed by atoms with Crippen LogP contribution in [-0.2, 0) is 0 Å². The van der Waals surface area contributed by atoms with Gasteiger partial charge in [0.05, 0.1) is 6.04 Å². The second-order valence-corrected chi connectivity index (χ2v) is 6.32. The summed E-state index contributed by atoms with van der Waals surface area (Å²) >= 11 is 0. The summed E-state index contributed by atoms with van der Waals surface area (Å²) < 4.78 is 27.4. The molecule has 0 unspecified atom stereocenters. The number of hydrogen-bond acceptors (Lipinski definition) is 2. The van der Waals surface area contributed by atoms with Crippen LogP contribution in [0, 0.1) is 5.92 Å². The topological polar surface area (TPSA) is 29.3 Å². The van der Waals surface area contributed by atoms with Gasteiger partial charge in [0.1, 0.15) is 0 Å². The molecule has 1 saturated carbocycles. The number of alkyl halides is 2. The molecular formula is C16H30F2N2. The summed E-state index contributed by atoms with van der Waals surface area (Å²) in [6, 6.07) is -0.577. The Kier molecular flexibility index (Phi) is 6.59. The number of nitrogens with two attached hydrogens (primary N) is 1. The van der Waals surface area contributed by atoms with Crippen molar-refractivity contribution in [2.24, 2.45) is 11.7 Å². The van der Waals surface area contributed by atoms with E-state index in [9.17, 15) is 8.78 Å². The predicted octanol–water partition coefficient (Wildman–Crippen LogP) is 3.82. The van der Waals surface area contributed by atoms with Crippen LogP contribution in [0.4, 0.5) is 8.78 Å². The van der Waals surface area contributed by atoms with Gasteiger partial charge in [0.2, 0.25) is 0 Å². The van der Waals surface area contributed by atoms with E-state index in [1.807, 2.05) is 0 Å². The number of nitrogens with zero attached hydrogens (tertiary/aromatic N) is 1. The van der Waals surface area contributed by atoms with E-state index in [0.29, 0.717) is 12.5 Å². The Morgan fingerprint density at radius 1 is 1.40 bits per heavy atom. The molecule has 0 spiro atoms. The fourth-order valence-electron chi connectivity index (χ4n) is 3.04. The monoisotopic (exact) mass is 288 g/mol. The highest BCUT2D eigenvalue weighted by molar-refractivity contribution is 5.10. The molecule has 2 atom stereocenters. The molecule has 0 aromatic heterocycles. The molecule has 0 radical (unpaired) electrons. The molecule has 118 valence electrons. The second kappa shape index (κ2) is 7.51. The largest absolute Gasteiger partial charge is 0.322 e. The Balaban J connectivity index is 2.53. The van der Waals surface area contributed by atoms with Gasteiger partial charge in [-0.15, -0.1) is 0 Å². The Labute approximate surface area is 122 Å². The summed E-state index contributed by atoms with van der Waals surface area (Å²) in [5, 5.41) is 0. The van der Waals surface area contributed by atoms with Crippen molar-refractivity contribution in [3.05, 3.63) is 12.2 Å². The van der Waals surface area contributed by atoms with Gasteiger partial charge >= 0.3 is 0 Å². The number of hydrogen-bond donors (Lipinski definition) is 1. The molecule has 0 saturated heterocycles. The van der Waals surface area contributed by atoms with Crippen LogP contribution >= 0.6 is 0 Å². The lowest BCUT2D eigenvalue weighted by Gasteiger charge is -2.37. The average Bonchev–Trinajstić information content (AvgIpc) is 2.37. The van der Waals surface area contributed by atoms with Gasteiger partial charge in [-0.25, -0.2) is 8.78 Å². The van der Waals surface area contributed by atoms with Gasteiger partial charge in [0.15, 0.2) is 0 Å². The van der Waals surface area contributed by atoms with Crippen molar-refractivity contribution in [2.75, 3.05) is 13.1 Å². The zero-order valence-electron chi connectivity index (χ0n) is 13.2. The van der Waals surface area contributed by atoms with Gasteiger partial charge in [-0.1, -0.05) is 19.1 Å². The third-order valence-corrected chi connectivity index (χ3v) is 4.43. The van der Waals surface area contributed by atoms with Crippen molar-refractivity contribution in [2.45, 2.75) is 70.9 Å². The molecule has 20 heavy (non-hydrogen) atoms. The normalized spacial score (nSPS) is 26.2. The van der Waals surface area contributed by atoms with Crippen molar-refractivity contribution >= 4 is 0 Å². The third-order valence-electron chi connectivity index (χ3n) is 4.43. The predicted molar refractivity (Wildman–Crippen MR) is 81.0 cm³/mol. The fraction of sp³-hybridized carbons (Fsp3) is 0.875. The van der Waals surface area contributed by atoms with Gasteiger partial charge in [0, 0.05) is 24.9 Å². The molecule has 0 heterocycles. The SMILES string of the molecule is C=C(CCN(CCC)C(C)C)[C@H]1CCCC(F)(F)[C@@H]1N. The molecular weight excluding hydrogens is 258 g/mol. The molecule has 2 N–H and O–H groups in total. The van der Waals surface area contributed by atoms with Gasteiger partial charge < -0.3 is 10.6 Å². The summed E-state index contributed by atoms with van der Waals surface area (Å²) in [5.74, 6) is -2.96. The highest BCUT2D eigenvalue weighted by Crippen LogP contribution is 2.39. The maximum atomic E-state index is 13.7. The standard InChI is InChI=1S/C16H30F2N2/c1-5-10-20(12(2)3)11-8-13(4)14-7-6-9-16(17,18)15(14)19/h12,14-15H,4-11,19H2,1-3H3/t14-,15-/m1/s1. The highest BCUT2D eigenvalue weighted by atomic mass is 19.3. The van der Waals surface area contributed by atoms with Crippen molar-refractivity contribution in [3.8, 4) is 0 Å². The Hall–Kier alpha value is -0.480. The lowest BCUT2D eigenvalue weighted by Crippen LogP contribution is -2.50. The van der Waals surface area contributed by atoms with E-state index in [0.717, 1.165) is 37.9 Å². The van der Waals surface area contributed by atoms with Crippen LogP contribution in [0.3, 0.4) is 0 Å². The minimum atomic E-state index is -2.73. The first-order valence-electron chi connectivity index (χ1n) is 7.84. The number of halogens is 2. The Bertz CT molecular complexity index is 316. The lowest BCUT2D eigenvalue weighted by atomic mass is 9.77. The van der Waals surface area contributed by atoms with E-state index < -0.39 is 12.0 Å². The average molecular weight is 288 g/mol. The highest BCUT2D eigenvalue weighted by Gasteiger charge is 2.45. The molecule has 0 amide bonds. The van der Waals surface area contributed by atoms with E-state index in [1.165, 1.54) is 0 Å². The summed E-state index contributed by atoms with van der Waals surface area (Å²) in [6.07, 6.45) is 3.10. The first-order valence-corrected chi connectivity index (χ1v) is 7.84.